The lowest BCUT2D eigenvalue weighted by Gasteiger charge is -2.39. The summed E-state index contributed by atoms with van der Waals surface area (Å²) in [4.78, 5) is 1.83. The molecule has 10 heteroatoms. The summed E-state index contributed by atoms with van der Waals surface area (Å²) in [5.41, 5.74) is 0.0487. The number of nitrogens with zero attached hydrogens (tertiary/aromatic N) is 5. The van der Waals surface area contributed by atoms with Crippen LogP contribution in [0.2, 0.25) is 0 Å². The number of benzene rings is 1. The van der Waals surface area contributed by atoms with Crippen molar-refractivity contribution in [1.82, 2.24) is 19.8 Å². The molecule has 0 amide bonds. The van der Waals surface area contributed by atoms with E-state index in [1.807, 2.05) is 4.90 Å². The molecule has 1 saturated heterocycles. The van der Waals surface area contributed by atoms with E-state index in [9.17, 15) is 13.2 Å². The van der Waals surface area contributed by atoms with Crippen molar-refractivity contribution in [3.63, 3.8) is 0 Å². The zero-order chi connectivity index (χ0) is 18.3. The normalized spacial score (nSPS) is 15.2. The Balaban J connectivity index is 1.45. The first-order valence-electron chi connectivity index (χ1n) is 7.79. The lowest BCUT2D eigenvalue weighted by atomic mass is 10.1. The average molecular weight is 365 g/mol. The minimum Gasteiger partial charge on any atom is -0.497 e. The van der Waals surface area contributed by atoms with E-state index >= 15 is 0 Å². The maximum atomic E-state index is 12.9. The summed E-state index contributed by atoms with van der Waals surface area (Å²) in [6, 6.07) is 10.3. The molecule has 0 bridgehead atoms. The summed E-state index contributed by atoms with van der Waals surface area (Å²) in [6.07, 6.45) is -4.68. The molecule has 0 spiro atoms. The van der Waals surface area contributed by atoms with Gasteiger partial charge in [0, 0.05) is 0 Å². The van der Waals surface area contributed by atoms with Crippen LogP contribution in [0.15, 0.2) is 36.4 Å². The minimum absolute atomic E-state index is 0.0487. The van der Waals surface area contributed by atoms with E-state index in [1.54, 1.807) is 37.4 Å². The van der Waals surface area contributed by atoms with Gasteiger partial charge >= 0.3 is 6.18 Å². The van der Waals surface area contributed by atoms with Gasteiger partial charge in [-0.05, 0) is 36.4 Å². The Kier molecular flexibility index (Phi) is 3.82. The fraction of sp³-hybridized carbons (Fsp3) is 0.312. The SMILES string of the molecule is COc1ccc(OC2CN(c3ccc4nnc(C(F)(F)F)n4n3)C2)cc1. The maximum absolute atomic E-state index is 12.9. The number of fused-ring (bicyclic) bond motifs is 1. The zero-order valence-corrected chi connectivity index (χ0v) is 13.6. The van der Waals surface area contributed by atoms with E-state index in [0.29, 0.717) is 29.2 Å². The number of aromatic nitrogens is 4. The van der Waals surface area contributed by atoms with Gasteiger partial charge in [0.1, 0.15) is 23.4 Å². The van der Waals surface area contributed by atoms with E-state index in [-0.39, 0.29) is 11.8 Å². The highest BCUT2D eigenvalue weighted by molar-refractivity contribution is 5.48. The molecular weight excluding hydrogens is 351 g/mol. The molecule has 4 rings (SSSR count). The summed E-state index contributed by atoms with van der Waals surface area (Å²) in [7, 11) is 1.59. The van der Waals surface area contributed by atoms with Crippen LogP contribution < -0.4 is 14.4 Å². The van der Waals surface area contributed by atoms with Crippen LogP contribution in [-0.4, -0.2) is 46.1 Å². The second kappa shape index (κ2) is 6.04. The lowest BCUT2D eigenvalue weighted by molar-refractivity contribution is -0.146. The van der Waals surface area contributed by atoms with Crippen LogP contribution >= 0.6 is 0 Å². The Morgan fingerprint density at radius 1 is 1.00 bits per heavy atom. The molecule has 0 saturated carbocycles. The van der Waals surface area contributed by atoms with Crippen molar-refractivity contribution < 1.29 is 22.6 Å². The minimum atomic E-state index is -4.61. The van der Waals surface area contributed by atoms with Gasteiger partial charge in [-0.25, -0.2) is 0 Å². The first-order valence-corrected chi connectivity index (χ1v) is 7.79. The molecule has 2 aromatic heterocycles. The molecule has 3 aromatic rings. The Morgan fingerprint density at radius 2 is 1.69 bits per heavy atom. The Morgan fingerprint density at radius 3 is 2.35 bits per heavy atom. The predicted molar refractivity (Wildman–Crippen MR) is 85.4 cm³/mol. The first kappa shape index (κ1) is 16.4. The number of methoxy groups -OCH3 is 1. The molecular formula is C16H14F3N5O2. The fourth-order valence-electron chi connectivity index (χ4n) is 2.67. The maximum Gasteiger partial charge on any atom is 0.453 e. The van der Waals surface area contributed by atoms with Gasteiger partial charge < -0.3 is 14.4 Å². The van der Waals surface area contributed by atoms with Gasteiger partial charge in [0.15, 0.2) is 5.65 Å². The van der Waals surface area contributed by atoms with Gasteiger partial charge in [0.2, 0.25) is 0 Å². The first-order chi connectivity index (χ1) is 12.4. The van der Waals surface area contributed by atoms with Gasteiger partial charge in [0.25, 0.3) is 5.82 Å². The molecule has 1 aromatic carbocycles. The summed E-state index contributed by atoms with van der Waals surface area (Å²) >= 11 is 0. The number of alkyl halides is 3. The van der Waals surface area contributed by atoms with Crippen LogP contribution in [0.1, 0.15) is 5.82 Å². The smallest absolute Gasteiger partial charge is 0.453 e. The summed E-state index contributed by atoms with van der Waals surface area (Å²) in [5, 5.41) is 10.7. The van der Waals surface area contributed by atoms with Crippen molar-refractivity contribution in [2.75, 3.05) is 25.1 Å². The van der Waals surface area contributed by atoms with Crippen molar-refractivity contribution >= 4 is 11.5 Å². The van der Waals surface area contributed by atoms with Crippen LogP contribution in [0.25, 0.3) is 5.65 Å². The van der Waals surface area contributed by atoms with Crippen LogP contribution in [-0.2, 0) is 6.18 Å². The summed E-state index contributed by atoms with van der Waals surface area (Å²) in [5.74, 6) is 0.717. The molecule has 0 radical (unpaired) electrons. The fourth-order valence-corrected chi connectivity index (χ4v) is 2.67. The second-order valence-corrected chi connectivity index (χ2v) is 5.80. The molecule has 7 nitrogen and oxygen atoms in total. The predicted octanol–water partition coefficient (Wildman–Crippen LogP) is 2.42. The molecule has 1 fully saturated rings. The van der Waals surface area contributed by atoms with Gasteiger partial charge in [-0.15, -0.1) is 15.3 Å². The van der Waals surface area contributed by atoms with Crippen molar-refractivity contribution in [2.24, 2.45) is 0 Å². The molecule has 26 heavy (non-hydrogen) atoms. The van der Waals surface area contributed by atoms with E-state index < -0.39 is 12.0 Å². The number of hydrogen-bond acceptors (Lipinski definition) is 6. The van der Waals surface area contributed by atoms with E-state index in [2.05, 4.69) is 15.3 Å². The van der Waals surface area contributed by atoms with E-state index in [0.717, 1.165) is 5.75 Å². The number of rotatable bonds is 4. The van der Waals surface area contributed by atoms with Gasteiger partial charge in [-0.1, -0.05) is 0 Å². The zero-order valence-electron chi connectivity index (χ0n) is 13.6. The second-order valence-electron chi connectivity index (χ2n) is 5.80. The van der Waals surface area contributed by atoms with E-state index in [1.165, 1.54) is 6.07 Å². The highest BCUT2D eigenvalue weighted by Gasteiger charge is 2.38. The molecule has 136 valence electrons. The molecule has 0 atom stereocenters. The number of halogens is 3. The largest absolute Gasteiger partial charge is 0.497 e. The van der Waals surface area contributed by atoms with Crippen molar-refractivity contribution in [1.29, 1.82) is 0 Å². The van der Waals surface area contributed by atoms with Crippen molar-refractivity contribution in [3.8, 4) is 11.5 Å². The molecule has 1 aliphatic rings. The third-order valence-corrected chi connectivity index (χ3v) is 4.04. The molecule has 1 aliphatic heterocycles. The van der Waals surface area contributed by atoms with Gasteiger partial charge in [-0.3, -0.25) is 0 Å². The molecule has 3 heterocycles. The lowest BCUT2D eigenvalue weighted by Crippen LogP contribution is -2.54. The number of ether oxygens (including phenoxy) is 2. The van der Waals surface area contributed by atoms with Gasteiger partial charge in [0.05, 0.1) is 20.2 Å². The Labute approximate surface area is 146 Å². The third-order valence-electron chi connectivity index (χ3n) is 4.04. The standard InChI is InChI=1S/C16H14F3N5O2/c1-25-10-2-4-11(5-3-10)26-12-8-23(9-12)14-7-6-13-20-21-15(16(17,18)19)24(13)22-14/h2-7,12H,8-9H2,1H3. The molecule has 0 unspecified atom stereocenters. The number of hydrogen-bond donors (Lipinski definition) is 0. The topological polar surface area (TPSA) is 64.8 Å². The van der Waals surface area contributed by atoms with Crippen LogP contribution in [0.3, 0.4) is 0 Å². The number of anilines is 1. The summed E-state index contributed by atoms with van der Waals surface area (Å²) < 4.78 is 50.4. The van der Waals surface area contributed by atoms with Crippen LogP contribution in [0.4, 0.5) is 19.0 Å². The van der Waals surface area contributed by atoms with Crippen LogP contribution in [0.5, 0.6) is 11.5 Å². The highest BCUT2D eigenvalue weighted by atomic mass is 19.4. The summed E-state index contributed by atoms with van der Waals surface area (Å²) in [6.45, 7) is 1.04. The van der Waals surface area contributed by atoms with Crippen LogP contribution in [0, 0.1) is 0 Å². The highest BCUT2D eigenvalue weighted by Crippen LogP contribution is 2.29. The van der Waals surface area contributed by atoms with Crippen molar-refractivity contribution in [2.45, 2.75) is 12.3 Å². The van der Waals surface area contributed by atoms with E-state index in [4.69, 9.17) is 9.47 Å². The third kappa shape index (κ3) is 2.98. The molecule has 0 aliphatic carbocycles. The van der Waals surface area contributed by atoms with Gasteiger partial charge in [-0.2, -0.15) is 17.7 Å². The quantitative estimate of drug-likeness (QED) is 0.708. The monoisotopic (exact) mass is 365 g/mol. The Bertz CT molecular complexity index is 920. The van der Waals surface area contributed by atoms with Crippen molar-refractivity contribution in [3.05, 3.63) is 42.2 Å². The average Bonchev–Trinajstić information content (AvgIpc) is 3.01. The Hall–Kier alpha value is -3.04. The molecule has 0 N–H and O–H groups in total.